The highest BCUT2D eigenvalue weighted by molar-refractivity contribution is 6.30. The average molecular weight is 409 g/mol. The number of rotatable bonds is 4. The summed E-state index contributed by atoms with van der Waals surface area (Å²) in [4.78, 5) is 26.7. The second-order valence-electron chi connectivity index (χ2n) is 7.01. The maximum Gasteiger partial charge on any atom is 0.256 e. The fraction of sp³-hybridized carbons (Fsp3) is 0.227. The zero-order valence-corrected chi connectivity index (χ0v) is 17.0. The van der Waals surface area contributed by atoms with Crippen molar-refractivity contribution in [3.63, 3.8) is 0 Å². The molecule has 7 heteroatoms. The summed E-state index contributed by atoms with van der Waals surface area (Å²) >= 11 is 6.10. The molecule has 0 saturated heterocycles. The summed E-state index contributed by atoms with van der Waals surface area (Å²) in [5, 5.41) is 8.00. The molecule has 148 valence electrons. The summed E-state index contributed by atoms with van der Waals surface area (Å²) in [6, 6.07) is 14.6. The highest BCUT2D eigenvalue weighted by atomic mass is 35.5. The summed E-state index contributed by atoms with van der Waals surface area (Å²) in [7, 11) is 0. The Balaban J connectivity index is 1.59. The molecule has 29 heavy (non-hydrogen) atoms. The van der Waals surface area contributed by atoms with Gasteiger partial charge in [-0.05, 0) is 55.3 Å². The van der Waals surface area contributed by atoms with E-state index in [1.54, 1.807) is 27.8 Å². The van der Waals surface area contributed by atoms with Crippen LogP contribution in [0.25, 0.3) is 5.69 Å². The van der Waals surface area contributed by atoms with Gasteiger partial charge in [-0.2, -0.15) is 5.10 Å². The van der Waals surface area contributed by atoms with Crippen molar-refractivity contribution >= 4 is 34.9 Å². The normalized spacial score (nSPS) is 12.7. The van der Waals surface area contributed by atoms with E-state index in [2.05, 4.69) is 10.4 Å². The smallest absolute Gasteiger partial charge is 0.256 e. The van der Waals surface area contributed by atoms with Crippen LogP contribution in [0.15, 0.2) is 48.5 Å². The average Bonchev–Trinajstić information content (AvgIpc) is 3.30. The molecule has 1 aromatic heterocycles. The topological polar surface area (TPSA) is 67.2 Å². The second kappa shape index (κ2) is 7.72. The number of halogens is 1. The fourth-order valence-corrected chi connectivity index (χ4v) is 3.76. The van der Waals surface area contributed by atoms with Gasteiger partial charge in [0.25, 0.3) is 5.91 Å². The Bertz CT molecular complexity index is 1110. The molecule has 6 nitrogen and oxygen atoms in total. The van der Waals surface area contributed by atoms with Crippen molar-refractivity contribution in [3.8, 4) is 5.69 Å². The summed E-state index contributed by atoms with van der Waals surface area (Å²) in [5.74, 6) is 0.441. The Hall–Kier alpha value is -3.12. The lowest BCUT2D eigenvalue weighted by Crippen LogP contribution is -2.27. The monoisotopic (exact) mass is 408 g/mol. The van der Waals surface area contributed by atoms with Crippen molar-refractivity contribution < 1.29 is 9.59 Å². The zero-order chi connectivity index (χ0) is 20.5. The summed E-state index contributed by atoms with van der Waals surface area (Å²) in [6.45, 7) is 4.38. The molecule has 0 spiro atoms. The van der Waals surface area contributed by atoms with Crippen LogP contribution in [0.5, 0.6) is 0 Å². The third kappa shape index (κ3) is 3.76. The molecule has 2 heterocycles. The van der Waals surface area contributed by atoms with Crippen LogP contribution < -0.4 is 10.2 Å². The van der Waals surface area contributed by atoms with Gasteiger partial charge < -0.3 is 10.2 Å². The van der Waals surface area contributed by atoms with Crippen molar-refractivity contribution in [2.24, 2.45) is 0 Å². The van der Waals surface area contributed by atoms with Crippen LogP contribution in [-0.2, 0) is 11.2 Å². The number of hydrogen-bond donors (Lipinski definition) is 1. The van der Waals surface area contributed by atoms with E-state index in [9.17, 15) is 9.59 Å². The van der Waals surface area contributed by atoms with Crippen LogP contribution in [0.4, 0.5) is 11.5 Å². The van der Waals surface area contributed by atoms with Crippen molar-refractivity contribution in [1.29, 1.82) is 0 Å². The van der Waals surface area contributed by atoms with E-state index in [4.69, 9.17) is 11.6 Å². The van der Waals surface area contributed by atoms with Gasteiger partial charge in [-0.25, -0.2) is 4.68 Å². The second-order valence-corrected chi connectivity index (χ2v) is 7.45. The first-order valence-electron chi connectivity index (χ1n) is 9.53. The van der Waals surface area contributed by atoms with Crippen molar-refractivity contribution in [2.45, 2.75) is 26.7 Å². The van der Waals surface area contributed by atoms with E-state index in [0.717, 1.165) is 29.1 Å². The molecule has 0 atom stereocenters. The van der Waals surface area contributed by atoms with Crippen molar-refractivity contribution in [3.05, 3.63) is 70.4 Å². The van der Waals surface area contributed by atoms with Crippen LogP contribution in [0.3, 0.4) is 0 Å². The van der Waals surface area contributed by atoms with Crippen LogP contribution in [0.1, 0.15) is 35.0 Å². The minimum absolute atomic E-state index is 0.0989. The van der Waals surface area contributed by atoms with Gasteiger partial charge in [0.05, 0.1) is 11.4 Å². The Morgan fingerprint density at radius 1 is 1.17 bits per heavy atom. The van der Waals surface area contributed by atoms with E-state index in [1.165, 1.54) is 0 Å². The Morgan fingerprint density at radius 2 is 2.00 bits per heavy atom. The van der Waals surface area contributed by atoms with E-state index in [-0.39, 0.29) is 11.8 Å². The van der Waals surface area contributed by atoms with Gasteiger partial charge in [0.15, 0.2) is 0 Å². The van der Waals surface area contributed by atoms with Crippen LogP contribution >= 0.6 is 11.6 Å². The molecule has 1 N–H and O–H groups in total. The van der Waals surface area contributed by atoms with Crippen molar-refractivity contribution in [2.75, 3.05) is 16.8 Å². The van der Waals surface area contributed by atoms with E-state index in [0.29, 0.717) is 29.4 Å². The number of anilines is 2. The van der Waals surface area contributed by atoms with E-state index >= 15 is 0 Å². The van der Waals surface area contributed by atoms with Crippen LogP contribution in [0, 0.1) is 6.92 Å². The molecular formula is C22H21ClN4O2. The lowest BCUT2D eigenvalue weighted by atomic mass is 10.1. The number of carbonyl (C=O) groups excluding carboxylic acids is 2. The number of benzene rings is 2. The maximum atomic E-state index is 12.9. The Morgan fingerprint density at radius 3 is 2.76 bits per heavy atom. The Kier molecular flexibility index (Phi) is 5.11. The minimum atomic E-state index is -0.226. The number of nitrogens with zero attached hydrogens (tertiary/aromatic N) is 3. The Labute approximate surface area is 174 Å². The number of aromatic nitrogens is 2. The number of amides is 2. The molecule has 2 aromatic carbocycles. The molecule has 0 radical (unpaired) electrons. The zero-order valence-electron chi connectivity index (χ0n) is 16.3. The van der Waals surface area contributed by atoms with Gasteiger partial charge >= 0.3 is 0 Å². The molecule has 1 aliphatic rings. The highest BCUT2D eigenvalue weighted by Gasteiger charge is 2.24. The summed E-state index contributed by atoms with van der Waals surface area (Å²) in [5.41, 5.74) is 4.00. The quantitative estimate of drug-likeness (QED) is 0.696. The van der Waals surface area contributed by atoms with Crippen LogP contribution in [-0.4, -0.2) is 28.1 Å². The maximum absolute atomic E-state index is 12.9. The number of hydrogen-bond acceptors (Lipinski definition) is 3. The summed E-state index contributed by atoms with van der Waals surface area (Å²) < 4.78 is 1.66. The lowest BCUT2D eigenvalue weighted by Gasteiger charge is -2.16. The molecule has 1 aliphatic heterocycles. The van der Waals surface area contributed by atoms with Gasteiger partial charge in [-0.3, -0.25) is 9.59 Å². The molecule has 0 saturated carbocycles. The molecular weight excluding hydrogens is 388 g/mol. The first kappa shape index (κ1) is 19.2. The summed E-state index contributed by atoms with van der Waals surface area (Å²) in [6.07, 6.45) is 1.22. The first-order chi connectivity index (χ1) is 14.0. The van der Waals surface area contributed by atoms with E-state index < -0.39 is 0 Å². The standard InChI is InChI=1S/C22H21ClN4O2/c1-3-21(28)26-10-9-15-12-16(7-8-19(15)26)22(29)24-20-11-14(2)25-27(20)18-6-4-5-17(23)13-18/h4-8,11-13H,3,9-10H2,1-2H3,(H,24,29). The molecule has 0 unspecified atom stereocenters. The molecule has 2 amide bonds. The lowest BCUT2D eigenvalue weighted by molar-refractivity contribution is -0.118. The molecule has 0 aliphatic carbocycles. The fourth-order valence-electron chi connectivity index (χ4n) is 3.57. The predicted molar refractivity (Wildman–Crippen MR) is 114 cm³/mol. The largest absolute Gasteiger partial charge is 0.312 e. The van der Waals surface area contributed by atoms with Gasteiger partial charge in [0.1, 0.15) is 5.82 Å². The number of nitrogens with one attached hydrogen (secondary N) is 1. The van der Waals surface area contributed by atoms with Gasteiger partial charge in [0, 0.05) is 35.3 Å². The van der Waals surface area contributed by atoms with Gasteiger partial charge in [-0.1, -0.05) is 24.6 Å². The molecule has 4 rings (SSSR count). The third-order valence-electron chi connectivity index (χ3n) is 4.97. The molecule has 0 bridgehead atoms. The van der Waals surface area contributed by atoms with E-state index in [1.807, 2.05) is 44.2 Å². The third-order valence-corrected chi connectivity index (χ3v) is 5.20. The highest BCUT2D eigenvalue weighted by Crippen LogP contribution is 2.30. The first-order valence-corrected chi connectivity index (χ1v) is 9.91. The van der Waals surface area contributed by atoms with Gasteiger partial charge in [0.2, 0.25) is 5.91 Å². The number of aryl methyl sites for hydroxylation is 1. The van der Waals surface area contributed by atoms with Gasteiger partial charge in [-0.15, -0.1) is 0 Å². The predicted octanol–water partition coefficient (Wildman–Crippen LogP) is 4.39. The molecule has 0 fully saturated rings. The SMILES string of the molecule is CCC(=O)N1CCc2cc(C(=O)Nc3cc(C)nn3-c3cccc(Cl)c3)ccc21. The van der Waals surface area contributed by atoms with Crippen molar-refractivity contribution in [1.82, 2.24) is 9.78 Å². The molecule has 3 aromatic rings. The number of fused-ring (bicyclic) bond motifs is 1. The van der Waals surface area contributed by atoms with Crippen LogP contribution in [0.2, 0.25) is 5.02 Å². The minimum Gasteiger partial charge on any atom is -0.312 e. The number of carbonyl (C=O) groups is 2.